The van der Waals surface area contributed by atoms with Gasteiger partial charge in [0.05, 0.1) is 24.2 Å². The maximum atomic E-state index is 15.3. The molecule has 1 saturated heterocycles. The summed E-state index contributed by atoms with van der Waals surface area (Å²) >= 11 is 0. The van der Waals surface area contributed by atoms with Crippen molar-refractivity contribution in [3.63, 3.8) is 0 Å². The Hall–Kier alpha value is -2.40. The molecule has 2 aromatic rings. The van der Waals surface area contributed by atoms with E-state index in [-0.39, 0.29) is 47.9 Å². The summed E-state index contributed by atoms with van der Waals surface area (Å²) in [6.45, 7) is 1.38. The summed E-state index contributed by atoms with van der Waals surface area (Å²) in [5, 5.41) is 2.84. The van der Waals surface area contributed by atoms with Gasteiger partial charge in [-0.2, -0.15) is 4.39 Å². The molecular weight excluding hydrogens is 445 g/mol. The zero-order valence-corrected chi connectivity index (χ0v) is 18.4. The second kappa shape index (κ2) is 8.86. The third-order valence-corrected chi connectivity index (χ3v) is 7.20. The van der Waals surface area contributed by atoms with E-state index >= 15 is 4.39 Å². The summed E-state index contributed by atoms with van der Waals surface area (Å²) in [4.78, 5) is 9.89. The molecule has 1 atom stereocenters. The summed E-state index contributed by atoms with van der Waals surface area (Å²) in [5.74, 6) is -3.62. The fraction of sp³-hybridized carbons (Fsp3) is 0.524. The van der Waals surface area contributed by atoms with Crippen molar-refractivity contribution in [1.82, 2.24) is 9.97 Å². The molecule has 0 amide bonds. The Morgan fingerprint density at radius 2 is 1.94 bits per heavy atom. The number of hydrogen-bond donors (Lipinski definition) is 1. The number of halogens is 3. The topological polar surface area (TPSA) is 84.4 Å². The van der Waals surface area contributed by atoms with Crippen LogP contribution in [0.1, 0.15) is 30.9 Å². The zero-order chi connectivity index (χ0) is 22.9. The van der Waals surface area contributed by atoms with Crippen molar-refractivity contribution in [2.45, 2.75) is 44.4 Å². The standard InChI is InChI=1S/C21H25F3N4O3S/c1-21(23,24)15-4-2-14(3-5-15)11-28(16-6-7-16)20-18(22)19(26-13-27-20)25-10-17-12-32(29,30)9-8-31-17/h2-5,13,16-17H,6-12H2,1H3,(H,25,26,27). The second-order valence-electron chi connectivity index (χ2n) is 8.29. The number of sulfone groups is 1. The van der Waals surface area contributed by atoms with Crippen LogP contribution in [-0.4, -0.2) is 55.2 Å². The summed E-state index contributed by atoms with van der Waals surface area (Å²) in [6.07, 6.45) is 2.42. The van der Waals surface area contributed by atoms with Crippen molar-refractivity contribution in [3.05, 3.63) is 47.5 Å². The van der Waals surface area contributed by atoms with Gasteiger partial charge in [0.1, 0.15) is 6.33 Å². The molecular formula is C21H25F3N4O3S. The molecule has 1 aromatic heterocycles. The predicted molar refractivity (Wildman–Crippen MR) is 114 cm³/mol. The van der Waals surface area contributed by atoms with Gasteiger partial charge in [-0.05, 0) is 18.4 Å². The highest BCUT2D eigenvalue weighted by atomic mass is 32.2. The molecule has 1 N–H and O–H groups in total. The van der Waals surface area contributed by atoms with Gasteiger partial charge in [-0.15, -0.1) is 0 Å². The Morgan fingerprint density at radius 3 is 2.56 bits per heavy atom. The number of hydrogen-bond acceptors (Lipinski definition) is 7. The largest absolute Gasteiger partial charge is 0.374 e. The van der Waals surface area contributed by atoms with Gasteiger partial charge in [0, 0.05) is 31.6 Å². The first-order valence-electron chi connectivity index (χ1n) is 10.4. The molecule has 4 rings (SSSR count). The molecule has 7 nitrogen and oxygen atoms in total. The second-order valence-corrected chi connectivity index (χ2v) is 10.5. The van der Waals surface area contributed by atoms with E-state index in [1.807, 2.05) is 4.90 Å². The number of aromatic nitrogens is 2. The first-order chi connectivity index (χ1) is 15.1. The quantitative estimate of drug-likeness (QED) is 0.635. The highest BCUT2D eigenvalue weighted by Gasteiger charge is 2.33. The summed E-state index contributed by atoms with van der Waals surface area (Å²) < 4.78 is 71.2. The fourth-order valence-corrected chi connectivity index (χ4v) is 4.93. The van der Waals surface area contributed by atoms with Crippen molar-refractivity contribution in [2.75, 3.05) is 34.9 Å². The summed E-state index contributed by atoms with van der Waals surface area (Å²) in [7, 11) is -3.16. The Balaban J connectivity index is 1.48. The number of benzene rings is 1. The fourth-order valence-electron chi connectivity index (χ4n) is 3.63. The Morgan fingerprint density at radius 1 is 1.22 bits per heavy atom. The minimum Gasteiger partial charge on any atom is -0.374 e. The van der Waals surface area contributed by atoms with E-state index in [0.717, 1.165) is 25.3 Å². The van der Waals surface area contributed by atoms with Crippen LogP contribution in [0.25, 0.3) is 0 Å². The molecule has 1 saturated carbocycles. The molecule has 2 heterocycles. The van der Waals surface area contributed by atoms with Crippen LogP contribution in [0, 0.1) is 5.82 Å². The molecule has 1 aliphatic carbocycles. The maximum Gasteiger partial charge on any atom is 0.270 e. The van der Waals surface area contributed by atoms with Crippen LogP contribution in [0.5, 0.6) is 0 Å². The molecule has 2 fully saturated rings. The summed E-state index contributed by atoms with van der Waals surface area (Å²) in [6, 6.07) is 6.08. The van der Waals surface area contributed by atoms with Crippen molar-refractivity contribution in [2.24, 2.45) is 0 Å². The molecule has 1 aromatic carbocycles. The van der Waals surface area contributed by atoms with Gasteiger partial charge in [0.2, 0.25) is 5.82 Å². The lowest BCUT2D eigenvalue weighted by Crippen LogP contribution is -2.38. The van der Waals surface area contributed by atoms with Gasteiger partial charge in [-0.25, -0.2) is 27.2 Å². The molecule has 1 unspecified atom stereocenters. The minimum absolute atomic E-state index is 0.0112. The molecule has 0 spiro atoms. The number of rotatable bonds is 8. The van der Waals surface area contributed by atoms with E-state index in [2.05, 4.69) is 15.3 Å². The van der Waals surface area contributed by atoms with Gasteiger partial charge in [-0.3, -0.25) is 0 Å². The summed E-state index contributed by atoms with van der Waals surface area (Å²) in [5.41, 5.74) is 0.684. The maximum absolute atomic E-state index is 15.3. The van der Waals surface area contributed by atoms with E-state index in [1.54, 1.807) is 12.1 Å². The van der Waals surface area contributed by atoms with Crippen LogP contribution < -0.4 is 10.2 Å². The van der Waals surface area contributed by atoms with Crippen LogP contribution in [0.3, 0.4) is 0 Å². The van der Waals surface area contributed by atoms with Crippen molar-refractivity contribution in [3.8, 4) is 0 Å². The van der Waals surface area contributed by atoms with Crippen molar-refractivity contribution in [1.29, 1.82) is 0 Å². The van der Waals surface area contributed by atoms with Crippen LogP contribution in [0.2, 0.25) is 0 Å². The normalized spacial score (nSPS) is 20.7. The smallest absolute Gasteiger partial charge is 0.270 e. The molecule has 32 heavy (non-hydrogen) atoms. The van der Waals surface area contributed by atoms with Crippen LogP contribution in [0.15, 0.2) is 30.6 Å². The highest BCUT2D eigenvalue weighted by Crippen LogP contribution is 2.35. The molecule has 0 bridgehead atoms. The highest BCUT2D eigenvalue weighted by molar-refractivity contribution is 7.91. The predicted octanol–water partition coefficient (Wildman–Crippen LogP) is 3.12. The molecule has 1 aliphatic heterocycles. The third kappa shape index (κ3) is 5.50. The number of ether oxygens (including phenoxy) is 1. The van der Waals surface area contributed by atoms with Crippen molar-refractivity contribution < 1.29 is 26.3 Å². The Kier molecular flexibility index (Phi) is 6.30. The zero-order valence-electron chi connectivity index (χ0n) is 17.6. The van der Waals surface area contributed by atoms with Gasteiger partial charge in [0.15, 0.2) is 21.5 Å². The van der Waals surface area contributed by atoms with Gasteiger partial charge in [0.25, 0.3) is 5.92 Å². The monoisotopic (exact) mass is 470 g/mol. The van der Waals surface area contributed by atoms with E-state index in [1.165, 1.54) is 18.5 Å². The van der Waals surface area contributed by atoms with E-state index < -0.39 is 27.7 Å². The molecule has 0 radical (unpaired) electrons. The van der Waals surface area contributed by atoms with Crippen LogP contribution in [0.4, 0.5) is 24.8 Å². The number of nitrogens with one attached hydrogen (secondary N) is 1. The van der Waals surface area contributed by atoms with E-state index in [0.29, 0.717) is 6.54 Å². The van der Waals surface area contributed by atoms with Crippen molar-refractivity contribution >= 4 is 21.5 Å². The van der Waals surface area contributed by atoms with Crippen LogP contribution in [-0.2, 0) is 27.0 Å². The van der Waals surface area contributed by atoms with Gasteiger partial charge in [-0.1, -0.05) is 24.3 Å². The lowest BCUT2D eigenvalue weighted by atomic mass is 10.1. The average Bonchev–Trinajstić information content (AvgIpc) is 3.56. The SMILES string of the molecule is CC(F)(F)c1ccc(CN(c2ncnc(NCC3CS(=O)(=O)CCO3)c2F)C2CC2)cc1. The first kappa shape index (κ1) is 22.8. The van der Waals surface area contributed by atoms with E-state index in [4.69, 9.17) is 4.74 Å². The number of alkyl halides is 2. The van der Waals surface area contributed by atoms with Gasteiger partial charge < -0.3 is 15.0 Å². The molecule has 11 heteroatoms. The van der Waals surface area contributed by atoms with E-state index in [9.17, 15) is 17.2 Å². The molecule has 174 valence electrons. The first-order valence-corrected chi connectivity index (χ1v) is 12.2. The third-order valence-electron chi connectivity index (χ3n) is 5.53. The van der Waals surface area contributed by atoms with Crippen LogP contribution >= 0.6 is 0 Å². The minimum atomic E-state index is -3.16. The Labute approximate surface area is 184 Å². The average molecular weight is 471 g/mol. The molecule has 2 aliphatic rings. The number of nitrogens with zero attached hydrogens (tertiary/aromatic N) is 3. The lowest BCUT2D eigenvalue weighted by molar-refractivity contribution is 0.0174. The Bertz CT molecular complexity index is 1060. The lowest BCUT2D eigenvalue weighted by Gasteiger charge is -2.26. The van der Waals surface area contributed by atoms with Gasteiger partial charge >= 0.3 is 0 Å². The number of anilines is 2.